The van der Waals surface area contributed by atoms with Gasteiger partial charge in [0.15, 0.2) is 5.11 Å². The van der Waals surface area contributed by atoms with Crippen molar-refractivity contribution in [3.05, 3.63) is 54.1 Å². The van der Waals surface area contributed by atoms with Crippen molar-refractivity contribution >= 4 is 28.9 Å². The van der Waals surface area contributed by atoms with Gasteiger partial charge in [0.25, 0.3) is 5.91 Å². The topological polar surface area (TPSA) is 68.8 Å². The van der Waals surface area contributed by atoms with Crippen LogP contribution in [0.4, 0.5) is 5.69 Å². The van der Waals surface area contributed by atoms with Gasteiger partial charge in [-0.3, -0.25) is 10.1 Å². The van der Waals surface area contributed by atoms with Gasteiger partial charge in [0.2, 0.25) is 0 Å². The molecule has 0 fully saturated rings. The number of thiocarbonyl (C=S) groups is 1. The smallest absolute Gasteiger partial charge is 0.257 e. The Morgan fingerprint density at radius 3 is 2.45 bits per heavy atom. The van der Waals surface area contributed by atoms with E-state index < -0.39 is 0 Å². The largest absolute Gasteiger partial charge is 0.494 e. The Kier molecular flexibility index (Phi) is 9.95. The maximum absolute atomic E-state index is 12.4. The maximum atomic E-state index is 12.4. The lowest BCUT2D eigenvalue weighted by atomic mass is 10.2. The summed E-state index contributed by atoms with van der Waals surface area (Å²) in [6.07, 6.45) is 3.33. The van der Waals surface area contributed by atoms with Crippen molar-refractivity contribution in [2.75, 3.05) is 32.2 Å². The normalized spacial score (nSPS) is 10.3. The summed E-state index contributed by atoms with van der Waals surface area (Å²) in [5.74, 6) is 1.16. The lowest BCUT2D eigenvalue weighted by Crippen LogP contribution is -2.34. The first kappa shape index (κ1) is 22.6. The minimum absolute atomic E-state index is 0.212. The molecule has 0 aliphatic carbocycles. The zero-order valence-corrected chi connectivity index (χ0v) is 17.7. The molecule has 2 aromatic rings. The molecule has 0 aliphatic rings. The fourth-order valence-corrected chi connectivity index (χ4v) is 2.70. The fraction of sp³-hybridized carbons (Fsp3) is 0.364. The van der Waals surface area contributed by atoms with E-state index in [-0.39, 0.29) is 11.0 Å². The molecule has 2 rings (SSSR count). The predicted octanol–water partition coefficient (Wildman–Crippen LogP) is 4.41. The van der Waals surface area contributed by atoms with Gasteiger partial charge in [0.05, 0.1) is 13.2 Å². The Hall–Kier alpha value is -2.64. The van der Waals surface area contributed by atoms with Gasteiger partial charge < -0.3 is 19.5 Å². The SMILES string of the molecule is CCCCCOc1ccc(C(=O)NC(=S)Nc2cccc(OCCOC)c2)cc1. The quantitative estimate of drug-likeness (QED) is 0.418. The molecule has 0 atom stereocenters. The highest BCUT2D eigenvalue weighted by atomic mass is 32.1. The lowest BCUT2D eigenvalue weighted by Gasteiger charge is -2.12. The molecule has 0 heterocycles. The van der Waals surface area contributed by atoms with Crippen LogP contribution in [0, 0.1) is 0 Å². The van der Waals surface area contributed by atoms with Crippen molar-refractivity contribution in [2.45, 2.75) is 26.2 Å². The van der Waals surface area contributed by atoms with Crippen LogP contribution in [0.15, 0.2) is 48.5 Å². The van der Waals surface area contributed by atoms with E-state index in [1.165, 1.54) is 0 Å². The first-order chi connectivity index (χ1) is 14.1. The molecule has 0 saturated heterocycles. The molecule has 0 bridgehead atoms. The Bertz CT molecular complexity index is 781. The minimum atomic E-state index is -0.285. The summed E-state index contributed by atoms with van der Waals surface area (Å²) in [4.78, 5) is 12.4. The summed E-state index contributed by atoms with van der Waals surface area (Å²) in [5.41, 5.74) is 1.23. The third kappa shape index (κ3) is 8.50. The van der Waals surface area contributed by atoms with E-state index in [9.17, 15) is 4.79 Å². The summed E-state index contributed by atoms with van der Waals surface area (Å²) in [6, 6.07) is 14.3. The number of unbranched alkanes of at least 4 members (excludes halogenated alkanes) is 2. The Morgan fingerprint density at radius 2 is 1.72 bits per heavy atom. The standard InChI is InChI=1S/C22H28N2O4S/c1-3-4-5-13-27-19-11-9-17(10-12-19)21(25)24-22(29)23-18-7-6-8-20(16-18)28-15-14-26-2/h6-12,16H,3-5,13-15H2,1-2H3,(H2,23,24,25,29). The molecule has 6 nitrogen and oxygen atoms in total. The van der Waals surface area contributed by atoms with Gasteiger partial charge in [0.1, 0.15) is 18.1 Å². The van der Waals surface area contributed by atoms with Crippen LogP contribution in [0.25, 0.3) is 0 Å². The number of carbonyl (C=O) groups excluding carboxylic acids is 1. The third-order valence-corrected chi connectivity index (χ3v) is 4.21. The van der Waals surface area contributed by atoms with Crippen molar-refractivity contribution in [1.29, 1.82) is 0 Å². The molecule has 1 amide bonds. The van der Waals surface area contributed by atoms with Gasteiger partial charge in [-0.25, -0.2) is 0 Å². The van der Waals surface area contributed by atoms with Crippen LogP contribution in [-0.4, -0.2) is 38.0 Å². The number of benzene rings is 2. The summed E-state index contributed by atoms with van der Waals surface area (Å²) in [5, 5.41) is 5.88. The number of hydrogen-bond acceptors (Lipinski definition) is 5. The monoisotopic (exact) mass is 416 g/mol. The van der Waals surface area contributed by atoms with Crippen LogP contribution in [0.2, 0.25) is 0 Å². The van der Waals surface area contributed by atoms with Crippen LogP contribution < -0.4 is 20.1 Å². The molecule has 0 radical (unpaired) electrons. The van der Waals surface area contributed by atoms with Gasteiger partial charge in [0, 0.05) is 24.4 Å². The van der Waals surface area contributed by atoms with Crippen LogP contribution in [0.1, 0.15) is 36.5 Å². The predicted molar refractivity (Wildman–Crippen MR) is 119 cm³/mol. The molecular weight excluding hydrogens is 388 g/mol. The van der Waals surface area contributed by atoms with E-state index in [0.29, 0.717) is 31.1 Å². The lowest BCUT2D eigenvalue weighted by molar-refractivity contribution is 0.0977. The highest BCUT2D eigenvalue weighted by Crippen LogP contribution is 2.17. The summed E-state index contributed by atoms with van der Waals surface area (Å²) < 4.78 is 16.2. The molecule has 0 unspecified atom stereocenters. The van der Waals surface area contributed by atoms with Crippen LogP contribution in [0.5, 0.6) is 11.5 Å². The number of rotatable bonds is 11. The Balaban J connectivity index is 1.82. The second kappa shape index (κ2) is 12.7. The summed E-state index contributed by atoms with van der Waals surface area (Å²) >= 11 is 5.24. The van der Waals surface area contributed by atoms with Crippen molar-refractivity contribution < 1.29 is 19.0 Å². The van der Waals surface area contributed by atoms with Crippen molar-refractivity contribution in [3.8, 4) is 11.5 Å². The van der Waals surface area contributed by atoms with Crippen LogP contribution in [0.3, 0.4) is 0 Å². The Labute approximate surface area is 177 Å². The molecule has 2 N–H and O–H groups in total. The number of anilines is 1. The van der Waals surface area contributed by atoms with Gasteiger partial charge in [-0.05, 0) is 55.0 Å². The van der Waals surface area contributed by atoms with Crippen molar-refractivity contribution in [1.82, 2.24) is 5.32 Å². The molecule has 0 saturated carbocycles. The van der Waals surface area contributed by atoms with E-state index in [1.807, 2.05) is 18.2 Å². The third-order valence-electron chi connectivity index (χ3n) is 4.01. The van der Waals surface area contributed by atoms with Gasteiger partial charge in [-0.1, -0.05) is 25.8 Å². The molecule has 0 spiro atoms. The molecule has 0 aromatic heterocycles. The average Bonchev–Trinajstić information content (AvgIpc) is 2.72. The first-order valence-electron chi connectivity index (χ1n) is 9.69. The minimum Gasteiger partial charge on any atom is -0.494 e. The highest BCUT2D eigenvalue weighted by Gasteiger charge is 2.09. The second-order valence-corrected chi connectivity index (χ2v) is 6.77. The number of amides is 1. The second-order valence-electron chi connectivity index (χ2n) is 6.36. The number of ether oxygens (including phenoxy) is 3. The van der Waals surface area contributed by atoms with Crippen LogP contribution in [-0.2, 0) is 4.74 Å². The van der Waals surface area contributed by atoms with E-state index in [4.69, 9.17) is 26.4 Å². The van der Waals surface area contributed by atoms with E-state index in [1.54, 1.807) is 37.4 Å². The fourth-order valence-electron chi connectivity index (χ4n) is 2.49. The van der Waals surface area contributed by atoms with E-state index in [2.05, 4.69) is 17.6 Å². The molecule has 156 valence electrons. The van der Waals surface area contributed by atoms with Crippen molar-refractivity contribution in [3.63, 3.8) is 0 Å². The molecule has 7 heteroatoms. The molecule has 2 aromatic carbocycles. The molecule has 0 aliphatic heterocycles. The average molecular weight is 417 g/mol. The number of methoxy groups -OCH3 is 1. The zero-order chi connectivity index (χ0) is 20.9. The number of hydrogen-bond donors (Lipinski definition) is 2. The van der Waals surface area contributed by atoms with Crippen LogP contribution >= 0.6 is 12.2 Å². The van der Waals surface area contributed by atoms with Crippen molar-refractivity contribution in [2.24, 2.45) is 0 Å². The number of nitrogens with one attached hydrogen (secondary N) is 2. The van der Waals surface area contributed by atoms with Gasteiger partial charge in [-0.15, -0.1) is 0 Å². The van der Waals surface area contributed by atoms with Gasteiger partial charge >= 0.3 is 0 Å². The van der Waals surface area contributed by atoms with E-state index in [0.717, 1.165) is 30.7 Å². The van der Waals surface area contributed by atoms with E-state index >= 15 is 0 Å². The summed E-state index contributed by atoms with van der Waals surface area (Å²) in [6.45, 7) is 3.80. The Morgan fingerprint density at radius 1 is 0.966 bits per heavy atom. The highest BCUT2D eigenvalue weighted by molar-refractivity contribution is 7.80. The number of carbonyl (C=O) groups is 1. The molecular formula is C22H28N2O4S. The first-order valence-corrected chi connectivity index (χ1v) is 10.1. The molecule has 29 heavy (non-hydrogen) atoms. The maximum Gasteiger partial charge on any atom is 0.257 e. The summed E-state index contributed by atoms with van der Waals surface area (Å²) in [7, 11) is 1.62. The van der Waals surface area contributed by atoms with Gasteiger partial charge in [-0.2, -0.15) is 0 Å². The zero-order valence-electron chi connectivity index (χ0n) is 16.9.